The third kappa shape index (κ3) is 4.67. The van der Waals surface area contributed by atoms with E-state index in [0.29, 0.717) is 11.5 Å². The molecule has 35 heavy (non-hydrogen) atoms. The lowest BCUT2D eigenvalue weighted by Crippen LogP contribution is -2.24. The summed E-state index contributed by atoms with van der Waals surface area (Å²) in [7, 11) is 0. The summed E-state index contributed by atoms with van der Waals surface area (Å²) in [6.07, 6.45) is 2.50. The number of hydrogen-bond acceptors (Lipinski definition) is 4. The van der Waals surface area contributed by atoms with Gasteiger partial charge < -0.3 is 10.1 Å². The topological polar surface area (TPSA) is 68.3 Å². The second-order valence-electron chi connectivity index (χ2n) is 9.17. The van der Waals surface area contributed by atoms with Crippen LogP contribution in [0.15, 0.2) is 72.8 Å². The molecule has 1 aromatic heterocycles. The zero-order chi connectivity index (χ0) is 24.4. The zero-order valence-electron chi connectivity index (χ0n) is 20.0. The number of carbonyl (C=O) groups excluding carboxylic acids is 2. The van der Waals surface area contributed by atoms with Crippen molar-refractivity contribution in [1.82, 2.24) is 4.98 Å². The molecule has 5 rings (SSSR count). The molecule has 0 fully saturated rings. The van der Waals surface area contributed by atoms with Crippen LogP contribution in [0.3, 0.4) is 0 Å². The Hall–Kier alpha value is -3.99. The Morgan fingerprint density at radius 1 is 0.943 bits per heavy atom. The van der Waals surface area contributed by atoms with Crippen LogP contribution >= 0.6 is 0 Å². The molecule has 0 radical (unpaired) electrons. The number of fused-ring (bicyclic) bond motifs is 2. The van der Waals surface area contributed by atoms with Crippen molar-refractivity contribution in [2.45, 2.75) is 39.0 Å². The van der Waals surface area contributed by atoms with Gasteiger partial charge in [-0.25, -0.2) is 4.79 Å². The number of ether oxygens (including phenoxy) is 1. The number of para-hydroxylation sites is 2. The Balaban J connectivity index is 1.42. The third-order valence-corrected chi connectivity index (χ3v) is 6.81. The molecule has 0 bridgehead atoms. The molecular formula is C30H28N2O3. The molecule has 1 N–H and O–H groups in total. The van der Waals surface area contributed by atoms with Crippen LogP contribution in [0, 0.1) is 13.8 Å². The summed E-state index contributed by atoms with van der Waals surface area (Å²) in [5.41, 5.74) is 7.13. The molecule has 0 aliphatic heterocycles. The molecular weight excluding hydrogens is 436 g/mol. The lowest BCUT2D eigenvalue weighted by Gasteiger charge is -2.27. The standard InChI is InChI=1S/C30H28N2O3/c1-19-9-8-10-20(2)29(19)32-27(33)18-35-30(34)28-23-13-6-7-14-25(23)31-26-16-15-22(17-24(26)28)21-11-4-3-5-12-21/h3-14,22H,15-18H2,1-2H3,(H,32,33). The van der Waals surface area contributed by atoms with Crippen LogP contribution in [-0.4, -0.2) is 23.5 Å². The molecule has 1 atom stereocenters. The van der Waals surface area contributed by atoms with E-state index >= 15 is 0 Å². The number of aromatic nitrogens is 1. The molecule has 5 heteroatoms. The van der Waals surface area contributed by atoms with E-state index < -0.39 is 5.97 Å². The number of pyridine rings is 1. The van der Waals surface area contributed by atoms with Crippen molar-refractivity contribution >= 4 is 28.5 Å². The van der Waals surface area contributed by atoms with Gasteiger partial charge in [0.25, 0.3) is 5.91 Å². The lowest BCUT2D eigenvalue weighted by molar-refractivity contribution is -0.119. The highest BCUT2D eigenvalue weighted by molar-refractivity contribution is 6.06. The SMILES string of the molecule is Cc1cccc(C)c1NC(=O)COC(=O)c1c2c(nc3ccccc13)CCC(c1ccccc1)C2. The minimum atomic E-state index is -0.481. The highest BCUT2D eigenvalue weighted by Crippen LogP contribution is 2.36. The number of carbonyl (C=O) groups is 2. The fraction of sp³-hybridized carbons (Fsp3) is 0.233. The van der Waals surface area contributed by atoms with E-state index in [2.05, 4.69) is 17.4 Å². The molecule has 0 saturated heterocycles. The Bertz CT molecular complexity index is 1390. The monoisotopic (exact) mass is 464 g/mol. The van der Waals surface area contributed by atoms with Crippen LogP contribution in [0.5, 0.6) is 0 Å². The third-order valence-electron chi connectivity index (χ3n) is 6.81. The number of anilines is 1. The molecule has 1 amide bonds. The van der Waals surface area contributed by atoms with E-state index in [4.69, 9.17) is 9.72 Å². The molecule has 1 aliphatic carbocycles. The minimum absolute atomic E-state index is 0.311. The van der Waals surface area contributed by atoms with Crippen LogP contribution in [0.25, 0.3) is 10.9 Å². The highest BCUT2D eigenvalue weighted by atomic mass is 16.5. The van der Waals surface area contributed by atoms with Crippen molar-refractivity contribution in [3.63, 3.8) is 0 Å². The van der Waals surface area contributed by atoms with Crippen LogP contribution in [0.4, 0.5) is 5.69 Å². The van der Waals surface area contributed by atoms with Crippen LogP contribution < -0.4 is 5.32 Å². The molecule has 1 heterocycles. The van der Waals surface area contributed by atoms with E-state index in [1.807, 2.05) is 74.5 Å². The summed E-state index contributed by atoms with van der Waals surface area (Å²) >= 11 is 0. The number of aryl methyl sites for hydroxylation is 3. The maximum absolute atomic E-state index is 13.4. The lowest BCUT2D eigenvalue weighted by atomic mass is 9.80. The summed E-state index contributed by atoms with van der Waals surface area (Å²) in [5.74, 6) is -0.527. The van der Waals surface area contributed by atoms with Crippen molar-refractivity contribution in [3.05, 3.63) is 106 Å². The fourth-order valence-corrected chi connectivity index (χ4v) is 5.02. The van der Waals surface area contributed by atoms with Crippen LogP contribution in [0.2, 0.25) is 0 Å². The Kier molecular flexibility index (Phi) is 6.32. The van der Waals surface area contributed by atoms with Gasteiger partial charge in [0.15, 0.2) is 6.61 Å². The van der Waals surface area contributed by atoms with Crippen molar-refractivity contribution in [3.8, 4) is 0 Å². The Morgan fingerprint density at radius 3 is 2.43 bits per heavy atom. The van der Waals surface area contributed by atoms with Crippen molar-refractivity contribution in [2.75, 3.05) is 11.9 Å². The summed E-state index contributed by atoms with van der Waals surface area (Å²) in [4.78, 5) is 30.9. The minimum Gasteiger partial charge on any atom is -0.452 e. The first-order valence-electron chi connectivity index (χ1n) is 12.0. The summed E-state index contributed by atoms with van der Waals surface area (Å²) < 4.78 is 5.58. The number of nitrogens with one attached hydrogen (secondary N) is 1. The van der Waals surface area contributed by atoms with E-state index in [9.17, 15) is 9.59 Å². The van der Waals surface area contributed by atoms with Gasteiger partial charge in [-0.05, 0) is 67.3 Å². The zero-order valence-corrected chi connectivity index (χ0v) is 20.0. The summed E-state index contributed by atoms with van der Waals surface area (Å²) in [5, 5.41) is 3.65. The van der Waals surface area contributed by atoms with E-state index in [1.54, 1.807) is 0 Å². The van der Waals surface area contributed by atoms with Gasteiger partial charge in [0.2, 0.25) is 0 Å². The molecule has 176 valence electrons. The highest BCUT2D eigenvalue weighted by Gasteiger charge is 2.28. The summed E-state index contributed by atoms with van der Waals surface area (Å²) in [6, 6.07) is 23.9. The molecule has 3 aromatic carbocycles. The second kappa shape index (κ2) is 9.71. The number of rotatable bonds is 5. The summed E-state index contributed by atoms with van der Waals surface area (Å²) in [6.45, 7) is 3.53. The maximum atomic E-state index is 13.4. The number of nitrogens with zero attached hydrogens (tertiary/aromatic N) is 1. The molecule has 1 unspecified atom stereocenters. The number of esters is 1. The van der Waals surface area contributed by atoms with Gasteiger partial charge >= 0.3 is 5.97 Å². The fourth-order valence-electron chi connectivity index (χ4n) is 5.02. The molecule has 4 aromatic rings. The predicted octanol–water partition coefficient (Wildman–Crippen LogP) is 5.92. The van der Waals surface area contributed by atoms with Gasteiger partial charge in [0.05, 0.1) is 11.1 Å². The van der Waals surface area contributed by atoms with Gasteiger partial charge in [-0.2, -0.15) is 0 Å². The normalized spacial score (nSPS) is 14.9. The Morgan fingerprint density at radius 2 is 1.66 bits per heavy atom. The second-order valence-corrected chi connectivity index (χ2v) is 9.17. The van der Waals surface area contributed by atoms with Crippen LogP contribution in [0.1, 0.15) is 50.6 Å². The predicted molar refractivity (Wildman–Crippen MR) is 138 cm³/mol. The number of benzene rings is 3. The molecule has 5 nitrogen and oxygen atoms in total. The maximum Gasteiger partial charge on any atom is 0.339 e. The van der Waals surface area contributed by atoms with E-state index in [-0.39, 0.29) is 12.5 Å². The van der Waals surface area contributed by atoms with Crippen molar-refractivity contribution in [2.24, 2.45) is 0 Å². The largest absolute Gasteiger partial charge is 0.452 e. The first-order chi connectivity index (χ1) is 17.0. The number of amides is 1. The first kappa shape index (κ1) is 22.8. The van der Waals surface area contributed by atoms with Crippen LogP contribution in [-0.2, 0) is 22.4 Å². The van der Waals surface area contributed by atoms with Gasteiger partial charge in [0, 0.05) is 16.8 Å². The number of hydrogen-bond donors (Lipinski definition) is 1. The van der Waals surface area contributed by atoms with Gasteiger partial charge in [-0.15, -0.1) is 0 Å². The smallest absolute Gasteiger partial charge is 0.339 e. The van der Waals surface area contributed by atoms with E-state index in [1.165, 1.54) is 5.56 Å². The van der Waals surface area contributed by atoms with Gasteiger partial charge in [0.1, 0.15) is 0 Å². The average Bonchev–Trinajstić information content (AvgIpc) is 2.88. The van der Waals surface area contributed by atoms with Crippen molar-refractivity contribution < 1.29 is 14.3 Å². The molecule has 1 aliphatic rings. The van der Waals surface area contributed by atoms with E-state index in [0.717, 1.165) is 58.2 Å². The molecule has 0 saturated carbocycles. The Labute approximate surface area is 205 Å². The van der Waals surface area contributed by atoms with Gasteiger partial charge in [-0.3, -0.25) is 9.78 Å². The van der Waals surface area contributed by atoms with Gasteiger partial charge in [-0.1, -0.05) is 66.7 Å². The van der Waals surface area contributed by atoms with Crippen molar-refractivity contribution in [1.29, 1.82) is 0 Å². The first-order valence-corrected chi connectivity index (χ1v) is 12.0. The average molecular weight is 465 g/mol. The molecule has 0 spiro atoms. The quantitative estimate of drug-likeness (QED) is 0.372.